The number of hydrazine groups is 1. The maximum Gasteiger partial charge on any atom is 0.271 e. The summed E-state index contributed by atoms with van der Waals surface area (Å²) in [4.78, 5) is 25.0. The van der Waals surface area contributed by atoms with Gasteiger partial charge in [0.1, 0.15) is 0 Å². The lowest BCUT2D eigenvalue weighted by atomic mass is 10.1. The fourth-order valence-electron chi connectivity index (χ4n) is 3.40. The third kappa shape index (κ3) is 3.50. The Bertz CT molecular complexity index is 1270. The molecule has 0 aliphatic rings. The van der Waals surface area contributed by atoms with E-state index in [9.17, 15) is 9.59 Å². The van der Waals surface area contributed by atoms with E-state index in [0.717, 1.165) is 32.5 Å². The van der Waals surface area contributed by atoms with Crippen LogP contribution in [0, 0.1) is 13.8 Å². The number of rotatable bonds is 3. The van der Waals surface area contributed by atoms with Crippen molar-refractivity contribution in [2.24, 2.45) is 7.05 Å². The van der Waals surface area contributed by atoms with Gasteiger partial charge in [0.15, 0.2) is 0 Å². The lowest BCUT2D eigenvalue weighted by Crippen LogP contribution is -2.41. The molecule has 0 spiro atoms. The molecule has 2 N–H and O–H groups in total. The van der Waals surface area contributed by atoms with Gasteiger partial charge < -0.3 is 4.57 Å². The number of carbonyl (C=O) groups is 2. The summed E-state index contributed by atoms with van der Waals surface area (Å²) in [5.41, 5.74) is 9.56. The molecule has 2 aromatic carbocycles. The van der Waals surface area contributed by atoms with Crippen molar-refractivity contribution in [3.05, 3.63) is 81.7 Å². The van der Waals surface area contributed by atoms with E-state index in [1.165, 1.54) is 0 Å². The molecule has 4 rings (SSSR count). The highest BCUT2D eigenvalue weighted by Crippen LogP contribution is 2.23. The maximum atomic E-state index is 12.6. The molecule has 0 aliphatic carbocycles. The minimum absolute atomic E-state index is 0.371. The molecule has 0 radical (unpaired) electrons. The van der Waals surface area contributed by atoms with E-state index >= 15 is 0 Å². The summed E-state index contributed by atoms with van der Waals surface area (Å²) < 4.78 is 4.64. The Hall–Kier alpha value is -3.39. The molecule has 2 amide bonds. The number of aryl methyl sites for hydroxylation is 2. The molecule has 2 aromatic heterocycles. The Balaban J connectivity index is 1.46. The number of nitrogens with zero attached hydrogens (tertiary/aromatic N) is 3. The fourth-order valence-corrected chi connectivity index (χ4v) is 3.65. The summed E-state index contributed by atoms with van der Waals surface area (Å²) in [6.07, 6.45) is 1.74. The summed E-state index contributed by atoms with van der Waals surface area (Å²) in [5.74, 6) is -0.769. The third-order valence-corrected chi connectivity index (χ3v) is 6.16. The summed E-state index contributed by atoms with van der Waals surface area (Å²) in [7, 11) is 1.88. The third-order valence-electron chi connectivity index (χ3n) is 5.01. The van der Waals surface area contributed by atoms with Gasteiger partial charge in [0.2, 0.25) is 0 Å². The van der Waals surface area contributed by atoms with Gasteiger partial charge in [-0.15, -0.1) is 0 Å². The van der Waals surface area contributed by atoms with Gasteiger partial charge in [0.05, 0.1) is 27.1 Å². The standard InChI is InChI=1S/C22H20BrN5O2/c1-13-20(23)14(2)28(26-13)16-10-8-15(9-11-16)21(29)24-25-22(30)18-12-27(3)19-7-5-4-6-17(18)19/h4-12H,1-3H3,(H,24,29)(H,25,30). The predicted octanol–water partition coefficient (Wildman–Crippen LogP) is 3.82. The molecule has 152 valence electrons. The van der Waals surface area contributed by atoms with Crippen molar-refractivity contribution in [1.82, 2.24) is 25.2 Å². The van der Waals surface area contributed by atoms with Gasteiger partial charge in [-0.25, -0.2) is 4.68 Å². The van der Waals surface area contributed by atoms with Crippen molar-refractivity contribution in [2.45, 2.75) is 13.8 Å². The molecule has 0 aliphatic heterocycles. The molecule has 7 nitrogen and oxygen atoms in total. The molecule has 2 heterocycles. The van der Waals surface area contributed by atoms with E-state index in [1.54, 1.807) is 18.3 Å². The zero-order valence-electron chi connectivity index (χ0n) is 16.7. The zero-order chi connectivity index (χ0) is 21.4. The van der Waals surface area contributed by atoms with Crippen LogP contribution in [0.5, 0.6) is 0 Å². The van der Waals surface area contributed by atoms with E-state index < -0.39 is 5.91 Å². The van der Waals surface area contributed by atoms with Gasteiger partial charge in [0.25, 0.3) is 11.8 Å². The summed E-state index contributed by atoms with van der Waals surface area (Å²) in [6, 6.07) is 14.6. The molecule has 30 heavy (non-hydrogen) atoms. The molecular formula is C22H20BrN5O2. The number of carbonyl (C=O) groups excluding carboxylic acids is 2. The molecule has 4 aromatic rings. The van der Waals surface area contributed by atoms with Crippen LogP contribution < -0.4 is 10.9 Å². The Kier molecular flexibility index (Phi) is 5.17. The first-order valence-electron chi connectivity index (χ1n) is 9.33. The highest BCUT2D eigenvalue weighted by Gasteiger charge is 2.15. The number of para-hydroxylation sites is 1. The first kappa shape index (κ1) is 19.9. The quantitative estimate of drug-likeness (QED) is 0.451. The number of hydrogen-bond acceptors (Lipinski definition) is 3. The number of halogens is 1. The van der Waals surface area contributed by atoms with Crippen molar-refractivity contribution in [3.8, 4) is 5.69 Å². The van der Waals surface area contributed by atoms with E-state index in [0.29, 0.717) is 11.1 Å². The smallest absolute Gasteiger partial charge is 0.271 e. The van der Waals surface area contributed by atoms with Crippen molar-refractivity contribution in [3.63, 3.8) is 0 Å². The Morgan fingerprint density at radius 1 is 0.967 bits per heavy atom. The van der Waals surface area contributed by atoms with Crippen LogP contribution in [0.1, 0.15) is 32.1 Å². The van der Waals surface area contributed by atoms with Crippen LogP contribution in [0.4, 0.5) is 0 Å². The zero-order valence-corrected chi connectivity index (χ0v) is 18.3. The fraction of sp³-hybridized carbons (Fsp3) is 0.136. The largest absolute Gasteiger partial charge is 0.350 e. The molecule has 0 atom stereocenters. The van der Waals surface area contributed by atoms with Gasteiger partial charge in [-0.2, -0.15) is 5.10 Å². The number of hydrogen-bond donors (Lipinski definition) is 2. The van der Waals surface area contributed by atoms with E-state index in [4.69, 9.17) is 0 Å². The number of fused-ring (bicyclic) bond motifs is 1. The van der Waals surface area contributed by atoms with Crippen molar-refractivity contribution in [1.29, 1.82) is 0 Å². The second-order valence-electron chi connectivity index (χ2n) is 7.02. The molecule has 8 heteroatoms. The van der Waals surface area contributed by atoms with Gasteiger partial charge in [0, 0.05) is 29.7 Å². The average molecular weight is 466 g/mol. The van der Waals surface area contributed by atoms with E-state index in [-0.39, 0.29) is 5.91 Å². The molecule has 0 fully saturated rings. The van der Waals surface area contributed by atoms with Crippen molar-refractivity contribution >= 4 is 38.6 Å². The normalized spacial score (nSPS) is 10.9. The summed E-state index contributed by atoms with van der Waals surface area (Å²) in [6.45, 7) is 3.89. The second kappa shape index (κ2) is 7.79. The monoisotopic (exact) mass is 465 g/mol. The molecule has 0 unspecified atom stereocenters. The van der Waals surface area contributed by atoms with Crippen LogP contribution in [0.3, 0.4) is 0 Å². The maximum absolute atomic E-state index is 12.6. The molecule has 0 saturated heterocycles. The van der Waals surface area contributed by atoms with Gasteiger partial charge >= 0.3 is 0 Å². The molecule has 0 bridgehead atoms. The van der Waals surface area contributed by atoms with Gasteiger partial charge in [-0.05, 0) is 60.1 Å². The van der Waals surface area contributed by atoms with Gasteiger partial charge in [-0.1, -0.05) is 18.2 Å². The number of amides is 2. The SMILES string of the molecule is Cc1nn(-c2ccc(C(=O)NNC(=O)c3cn(C)c4ccccc34)cc2)c(C)c1Br. The molecular weight excluding hydrogens is 446 g/mol. The summed E-state index contributed by atoms with van der Waals surface area (Å²) >= 11 is 3.52. The second-order valence-corrected chi connectivity index (χ2v) is 7.82. The first-order chi connectivity index (χ1) is 14.4. The Labute approximate surface area is 181 Å². The highest BCUT2D eigenvalue weighted by molar-refractivity contribution is 9.10. The van der Waals surface area contributed by atoms with Crippen LogP contribution in [0.15, 0.2) is 59.2 Å². The summed E-state index contributed by atoms with van der Waals surface area (Å²) in [5, 5.41) is 5.31. The highest BCUT2D eigenvalue weighted by atomic mass is 79.9. The van der Waals surface area contributed by atoms with Crippen LogP contribution in [0.2, 0.25) is 0 Å². The topological polar surface area (TPSA) is 81.0 Å². The minimum atomic E-state index is -0.398. The minimum Gasteiger partial charge on any atom is -0.350 e. The van der Waals surface area contributed by atoms with Crippen molar-refractivity contribution in [2.75, 3.05) is 0 Å². The number of benzene rings is 2. The number of aromatic nitrogens is 3. The van der Waals surface area contributed by atoms with Crippen LogP contribution in [0.25, 0.3) is 16.6 Å². The number of nitrogens with one attached hydrogen (secondary N) is 2. The van der Waals surface area contributed by atoms with Crippen LogP contribution in [-0.4, -0.2) is 26.2 Å². The van der Waals surface area contributed by atoms with E-state index in [1.807, 2.05) is 66.5 Å². The van der Waals surface area contributed by atoms with Crippen molar-refractivity contribution < 1.29 is 9.59 Å². The van der Waals surface area contributed by atoms with Crippen LogP contribution in [-0.2, 0) is 7.05 Å². The van der Waals surface area contributed by atoms with E-state index in [2.05, 4.69) is 31.9 Å². The first-order valence-corrected chi connectivity index (χ1v) is 10.1. The predicted molar refractivity (Wildman–Crippen MR) is 119 cm³/mol. The average Bonchev–Trinajstić information content (AvgIpc) is 3.23. The molecule has 0 saturated carbocycles. The Morgan fingerprint density at radius 2 is 1.63 bits per heavy atom. The van der Waals surface area contributed by atoms with Gasteiger partial charge in [-0.3, -0.25) is 20.4 Å². The Morgan fingerprint density at radius 3 is 2.30 bits per heavy atom. The lowest BCUT2D eigenvalue weighted by molar-refractivity contribution is 0.0847. The van der Waals surface area contributed by atoms with Crippen LogP contribution >= 0.6 is 15.9 Å². The lowest BCUT2D eigenvalue weighted by Gasteiger charge is -2.08.